The Morgan fingerprint density at radius 3 is 2.44 bits per heavy atom. The first kappa shape index (κ1) is 21.7. The molecule has 0 aliphatic carbocycles. The maximum absolute atomic E-state index is 12.9. The molecule has 0 bridgehead atoms. The summed E-state index contributed by atoms with van der Waals surface area (Å²) in [4.78, 5) is 17.4. The monoisotopic (exact) mass is 470 g/mol. The van der Waals surface area contributed by atoms with Crippen molar-refractivity contribution >= 4 is 43.8 Å². The van der Waals surface area contributed by atoms with Gasteiger partial charge in [-0.1, -0.05) is 0 Å². The molecule has 1 atom stereocenters. The Labute approximate surface area is 188 Å². The van der Waals surface area contributed by atoms with Crippen molar-refractivity contribution < 1.29 is 17.9 Å². The smallest absolute Gasteiger partial charge is 0.282 e. The van der Waals surface area contributed by atoms with E-state index in [2.05, 4.69) is 20.3 Å². The van der Waals surface area contributed by atoms with Crippen molar-refractivity contribution in [2.75, 3.05) is 12.1 Å². The number of amides is 1. The number of hydrogen-bond acceptors (Lipinski definition) is 9. The third-order valence-electron chi connectivity index (χ3n) is 4.61. The minimum Gasteiger partial charge on any atom is -0.497 e. The van der Waals surface area contributed by atoms with Crippen LogP contribution >= 0.6 is 11.3 Å². The van der Waals surface area contributed by atoms with Gasteiger partial charge < -0.3 is 4.74 Å². The highest BCUT2D eigenvalue weighted by atomic mass is 32.2. The number of rotatable bonds is 6. The molecule has 1 amide bonds. The van der Waals surface area contributed by atoms with Gasteiger partial charge in [0.15, 0.2) is 6.04 Å². The number of benzene rings is 2. The van der Waals surface area contributed by atoms with Crippen LogP contribution in [-0.2, 0) is 14.8 Å². The molecule has 4 rings (SSSR count). The zero-order chi connectivity index (χ0) is 22.9. The van der Waals surface area contributed by atoms with Gasteiger partial charge in [-0.05, 0) is 55.5 Å². The van der Waals surface area contributed by atoms with E-state index in [1.54, 1.807) is 14.0 Å². The minimum atomic E-state index is -3.79. The molecule has 0 saturated carbocycles. The maximum atomic E-state index is 12.9. The molecule has 0 unspecified atom stereocenters. The molecule has 0 spiro atoms. The first-order valence-electron chi connectivity index (χ1n) is 9.29. The molecule has 2 aromatic carbocycles. The lowest BCUT2D eigenvalue weighted by Crippen LogP contribution is -2.29. The summed E-state index contributed by atoms with van der Waals surface area (Å²) >= 11 is 1.29. The molecular formula is C20H18N6O4S2. The molecular weight excluding hydrogens is 452 g/mol. The Kier molecular flexibility index (Phi) is 5.82. The van der Waals surface area contributed by atoms with Crippen LogP contribution in [0.1, 0.15) is 6.92 Å². The van der Waals surface area contributed by atoms with Crippen molar-refractivity contribution in [2.45, 2.75) is 17.9 Å². The summed E-state index contributed by atoms with van der Waals surface area (Å²) in [5, 5.41) is 21.0. The van der Waals surface area contributed by atoms with E-state index in [0.717, 1.165) is 11.3 Å². The van der Waals surface area contributed by atoms with Crippen LogP contribution in [0.25, 0.3) is 11.3 Å². The number of azo groups is 1. The molecule has 0 fully saturated rings. The number of primary sulfonamides is 1. The second-order valence-corrected chi connectivity index (χ2v) is 9.19. The zero-order valence-electron chi connectivity index (χ0n) is 17.0. The maximum Gasteiger partial charge on any atom is 0.282 e. The minimum absolute atomic E-state index is 0.0336. The standard InChI is InChI=1S/C20H18N6O4S2/c1-12-18(24-23-14-5-9-16(10-6-14)32(21,28)29)19(27)26(25-12)20-22-17(11-31-20)13-3-7-15(30-2)8-4-13/h3-11,18H,1-2H3,(H2,21,28,29)/t18-/m0/s1. The summed E-state index contributed by atoms with van der Waals surface area (Å²) in [5.74, 6) is 0.370. The van der Waals surface area contributed by atoms with E-state index in [1.807, 2.05) is 29.6 Å². The van der Waals surface area contributed by atoms with E-state index < -0.39 is 16.1 Å². The third kappa shape index (κ3) is 4.42. The van der Waals surface area contributed by atoms with E-state index in [9.17, 15) is 13.2 Å². The number of hydrogen-bond donors (Lipinski definition) is 1. The number of aromatic nitrogens is 1. The average Bonchev–Trinajstić information content (AvgIpc) is 3.37. The number of carbonyl (C=O) groups is 1. The van der Waals surface area contributed by atoms with E-state index in [-0.39, 0.29) is 10.8 Å². The predicted molar refractivity (Wildman–Crippen MR) is 121 cm³/mol. The fourth-order valence-electron chi connectivity index (χ4n) is 2.91. The van der Waals surface area contributed by atoms with Crippen molar-refractivity contribution in [3.63, 3.8) is 0 Å². The second-order valence-electron chi connectivity index (χ2n) is 6.79. The van der Waals surface area contributed by atoms with Crippen LogP contribution in [-0.4, -0.2) is 38.2 Å². The van der Waals surface area contributed by atoms with Gasteiger partial charge in [-0.25, -0.2) is 18.5 Å². The van der Waals surface area contributed by atoms with Gasteiger partial charge in [-0.15, -0.1) is 11.3 Å². The number of carbonyl (C=O) groups excluding carboxylic acids is 1. The third-order valence-corrected chi connectivity index (χ3v) is 6.35. The Morgan fingerprint density at radius 2 is 1.81 bits per heavy atom. The fourth-order valence-corrected chi connectivity index (χ4v) is 4.21. The van der Waals surface area contributed by atoms with Crippen LogP contribution in [0.2, 0.25) is 0 Å². The topological polar surface area (TPSA) is 140 Å². The molecule has 2 N–H and O–H groups in total. The number of nitrogens with zero attached hydrogens (tertiary/aromatic N) is 5. The highest BCUT2D eigenvalue weighted by molar-refractivity contribution is 7.89. The molecule has 0 saturated heterocycles. The number of anilines is 1. The van der Waals surface area contributed by atoms with Gasteiger partial charge in [0.25, 0.3) is 5.91 Å². The summed E-state index contributed by atoms with van der Waals surface area (Å²) in [7, 11) is -2.19. The first-order chi connectivity index (χ1) is 15.3. The molecule has 2 heterocycles. The molecule has 164 valence electrons. The average molecular weight is 471 g/mol. The zero-order valence-corrected chi connectivity index (χ0v) is 18.7. The molecule has 0 radical (unpaired) electrons. The second kappa shape index (κ2) is 8.57. The Bertz CT molecular complexity index is 1310. The Hall–Kier alpha value is -3.48. The molecule has 10 nitrogen and oxygen atoms in total. The number of sulfonamides is 1. The molecule has 32 heavy (non-hydrogen) atoms. The van der Waals surface area contributed by atoms with Crippen molar-refractivity contribution in [3.8, 4) is 17.0 Å². The summed E-state index contributed by atoms with van der Waals surface area (Å²) in [6.45, 7) is 1.68. The van der Waals surface area contributed by atoms with Crippen LogP contribution in [0, 0.1) is 0 Å². The van der Waals surface area contributed by atoms with Gasteiger partial charge in [0.2, 0.25) is 15.2 Å². The van der Waals surface area contributed by atoms with Crippen LogP contribution in [0.5, 0.6) is 5.75 Å². The normalized spacial score (nSPS) is 16.6. The number of nitrogens with two attached hydrogens (primary N) is 1. The molecule has 12 heteroatoms. The highest BCUT2D eigenvalue weighted by Gasteiger charge is 2.36. The van der Waals surface area contributed by atoms with Gasteiger partial charge >= 0.3 is 0 Å². The summed E-state index contributed by atoms with van der Waals surface area (Å²) in [6.07, 6.45) is 0. The number of hydrazone groups is 1. The van der Waals surface area contributed by atoms with E-state index in [4.69, 9.17) is 9.88 Å². The van der Waals surface area contributed by atoms with Gasteiger partial charge in [0.1, 0.15) is 5.75 Å². The van der Waals surface area contributed by atoms with E-state index in [1.165, 1.54) is 40.6 Å². The summed E-state index contributed by atoms with van der Waals surface area (Å²) in [5.41, 5.74) is 2.46. The molecule has 1 aliphatic heterocycles. The highest BCUT2D eigenvalue weighted by Crippen LogP contribution is 2.31. The van der Waals surface area contributed by atoms with Gasteiger partial charge in [0, 0.05) is 10.9 Å². The summed E-state index contributed by atoms with van der Waals surface area (Å²) < 4.78 is 27.8. The largest absolute Gasteiger partial charge is 0.497 e. The number of methoxy groups -OCH3 is 1. The molecule has 1 aromatic heterocycles. The van der Waals surface area contributed by atoms with E-state index >= 15 is 0 Å². The van der Waals surface area contributed by atoms with Crippen LogP contribution in [0.3, 0.4) is 0 Å². The van der Waals surface area contributed by atoms with Crippen LogP contribution in [0.15, 0.2) is 74.1 Å². The van der Waals surface area contributed by atoms with Gasteiger partial charge in [0.05, 0.1) is 29.1 Å². The quantitative estimate of drug-likeness (QED) is 0.550. The fraction of sp³-hybridized carbons (Fsp3) is 0.150. The summed E-state index contributed by atoms with van der Waals surface area (Å²) in [6, 6.07) is 12.1. The Balaban J connectivity index is 1.50. The molecule has 3 aromatic rings. The van der Waals surface area contributed by atoms with E-state index in [0.29, 0.717) is 22.2 Å². The first-order valence-corrected chi connectivity index (χ1v) is 11.7. The van der Waals surface area contributed by atoms with Gasteiger partial charge in [-0.2, -0.15) is 20.3 Å². The Morgan fingerprint density at radius 1 is 1.12 bits per heavy atom. The van der Waals surface area contributed by atoms with Crippen LogP contribution < -0.4 is 14.9 Å². The lowest BCUT2D eigenvalue weighted by molar-refractivity contribution is -0.117. The lowest BCUT2D eigenvalue weighted by atomic mass is 10.2. The van der Waals surface area contributed by atoms with Crippen molar-refractivity contribution in [1.82, 2.24) is 4.98 Å². The van der Waals surface area contributed by atoms with Crippen molar-refractivity contribution in [3.05, 3.63) is 53.9 Å². The van der Waals surface area contributed by atoms with Crippen molar-refractivity contribution in [2.24, 2.45) is 20.5 Å². The number of ether oxygens (including phenoxy) is 1. The van der Waals surface area contributed by atoms with Crippen LogP contribution in [0.4, 0.5) is 10.8 Å². The SMILES string of the molecule is COc1ccc(-c2csc(N3N=C(C)[C@H](N=Nc4ccc(S(N)(=O)=O)cc4)C3=O)n2)cc1. The number of thiazole rings is 1. The lowest BCUT2D eigenvalue weighted by Gasteiger charge is -2.08. The van der Waals surface area contributed by atoms with Crippen molar-refractivity contribution in [1.29, 1.82) is 0 Å². The molecule has 1 aliphatic rings. The predicted octanol–water partition coefficient (Wildman–Crippen LogP) is 3.34. The van der Waals surface area contributed by atoms with Gasteiger partial charge in [-0.3, -0.25) is 4.79 Å².